The Labute approximate surface area is 189 Å². The predicted octanol–water partition coefficient (Wildman–Crippen LogP) is 6.63. The maximum absolute atomic E-state index is 12.8. The van der Waals surface area contributed by atoms with Gasteiger partial charge in [-0.1, -0.05) is 0 Å². The van der Waals surface area contributed by atoms with Crippen LogP contribution in [0.25, 0.3) is 0 Å². The van der Waals surface area contributed by atoms with E-state index in [2.05, 4.69) is 56.6 Å². The van der Waals surface area contributed by atoms with Crippen LogP contribution in [-0.2, 0) is 6.16 Å². The van der Waals surface area contributed by atoms with Gasteiger partial charge >= 0.3 is 190 Å². The summed E-state index contributed by atoms with van der Waals surface area (Å²) in [4.78, 5) is 0. The molecule has 0 amide bonds. The van der Waals surface area contributed by atoms with Crippen LogP contribution >= 0.6 is 20.8 Å². The zero-order valence-corrected chi connectivity index (χ0v) is 19.2. The molecule has 0 atom stereocenters. The molecule has 31 heavy (non-hydrogen) atoms. The fourth-order valence-electron chi connectivity index (χ4n) is 4.10. The van der Waals surface area contributed by atoms with E-state index in [1.807, 2.05) is 60.7 Å². The summed E-state index contributed by atoms with van der Waals surface area (Å²) in [5.41, 5.74) is 0.921. The fourth-order valence-corrected chi connectivity index (χ4v) is 11.8. The molecule has 0 fully saturated rings. The van der Waals surface area contributed by atoms with Crippen molar-refractivity contribution in [2.24, 2.45) is 0 Å². The van der Waals surface area contributed by atoms with Crippen molar-refractivity contribution in [3.05, 3.63) is 121 Å². The van der Waals surface area contributed by atoms with Gasteiger partial charge in [-0.2, -0.15) is 0 Å². The summed E-state index contributed by atoms with van der Waals surface area (Å²) in [5.74, 6) is 0.166. The van der Waals surface area contributed by atoms with Gasteiger partial charge in [0.25, 0.3) is 0 Å². The first-order chi connectivity index (χ1) is 15.0. The molecule has 4 aromatic rings. The third-order valence-corrected chi connectivity index (χ3v) is 15.0. The predicted molar refractivity (Wildman–Crippen MR) is 131 cm³/mol. The number of halogens is 3. The van der Waals surface area contributed by atoms with Crippen LogP contribution in [0.1, 0.15) is 5.56 Å². The van der Waals surface area contributed by atoms with Gasteiger partial charge in [0, 0.05) is 0 Å². The maximum atomic E-state index is 12.8. The molecular weight excluding hydrogens is 477 g/mol. The Hall–Kier alpha value is -2.55. The van der Waals surface area contributed by atoms with E-state index in [9.17, 15) is 8.78 Å². The molecule has 0 bridgehead atoms. The first kappa shape index (κ1) is 21.7. The molecule has 4 rings (SSSR count). The van der Waals surface area contributed by atoms with Gasteiger partial charge in [-0.05, 0) is 0 Å². The number of hydrogen-bond acceptors (Lipinski definition) is 1. The van der Waals surface area contributed by atoms with Crippen LogP contribution in [-0.4, -0.2) is 6.61 Å². The molecule has 0 unspecified atom stereocenters. The number of alkyl halides is 2. The summed E-state index contributed by atoms with van der Waals surface area (Å²) in [5, 5.41) is 0.341. The molecule has 0 aromatic heterocycles. The van der Waals surface area contributed by atoms with Gasteiger partial charge in [-0.15, -0.1) is 0 Å². The molecule has 158 valence electrons. The second-order valence-electron chi connectivity index (χ2n) is 7.37. The first-order valence-corrected chi connectivity index (χ1v) is 14.4. The molecule has 0 heterocycles. The van der Waals surface area contributed by atoms with E-state index >= 15 is 0 Å². The van der Waals surface area contributed by atoms with Gasteiger partial charge in [0.1, 0.15) is 0 Å². The Bertz CT molecular complexity index is 1040. The van der Waals surface area contributed by atoms with Gasteiger partial charge in [-0.3, -0.25) is 0 Å². The van der Waals surface area contributed by atoms with E-state index < -0.39 is 11.9 Å². The van der Waals surface area contributed by atoms with Gasteiger partial charge < -0.3 is 0 Å². The Morgan fingerprint density at radius 2 is 1.10 bits per heavy atom. The summed E-state index contributed by atoms with van der Waals surface area (Å²) in [6.45, 7) is -2.85. The molecule has 0 N–H and O–H groups in total. The molecule has 4 aromatic carbocycles. The molecule has 0 saturated carbocycles. The van der Waals surface area contributed by atoms with Crippen molar-refractivity contribution in [1.29, 1.82) is 0 Å². The van der Waals surface area contributed by atoms with E-state index in [0.29, 0.717) is 6.16 Å². The number of hydrogen-bond donors (Lipinski definition) is 0. The van der Waals surface area contributed by atoms with Crippen molar-refractivity contribution in [1.82, 2.24) is 0 Å². The van der Waals surface area contributed by atoms with E-state index in [0.717, 1.165) is 5.56 Å². The Balaban J connectivity index is 2.00. The van der Waals surface area contributed by atoms with Gasteiger partial charge in [0.2, 0.25) is 0 Å². The van der Waals surface area contributed by atoms with Crippen LogP contribution in [0.5, 0.6) is 5.75 Å². The Morgan fingerprint density at radius 1 is 0.645 bits per heavy atom. The van der Waals surface area contributed by atoms with Crippen molar-refractivity contribution in [3.63, 3.8) is 0 Å². The summed E-state index contributed by atoms with van der Waals surface area (Å²) >= 11 is 4.37. The quantitative estimate of drug-likeness (QED) is 0.260. The van der Waals surface area contributed by atoms with Gasteiger partial charge in [-0.25, -0.2) is 0 Å². The number of rotatable bonds is 7. The van der Waals surface area contributed by atoms with Crippen LogP contribution in [0.15, 0.2) is 115 Å². The third-order valence-electron chi connectivity index (χ3n) is 5.49. The fraction of sp³-hybridized carbons (Fsp3) is 0.0769. The average molecular weight is 499 g/mol. The van der Waals surface area contributed by atoms with Crippen LogP contribution < -0.4 is 20.7 Å². The molecule has 1 nitrogen and oxygen atoms in total. The zero-order valence-electron chi connectivity index (χ0n) is 16.7. The van der Waals surface area contributed by atoms with Gasteiger partial charge in [0.15, 0.2) is 0 Å². The van der Waals surface area contributed by atoms with Crippen molar-refractivity contribution in [2.75, 3.05) is 0 Å². The summed E-state index contributed by atoms with van der Waals surface area (Å²) in [6, 6.07) is 38.1. The minimum absolute atomic E-state index is 0.166. The van der Waals surface area contributed by atoms with Crippen molar-refractivity contribution in [3.8, 4) is 5.75 Å². The normalized spacial score (nSPS) is 12.8. The minimum atomic E-state index is -3.18. The van der Waals surface area contributed by atoms with Gasteiger partial charge in [0.05, 0.1) is 0 Å². The summed E-state index contributed by atoms with van der Waals surface area (Å²) < 4.78 is 30.4. The second kappa shape index (κ2) is 8.90. The number of benzene rings is 4. The average Bonchev–Trinajstić information content (AvgIpc) is 2.81. The Morgan fingerprint density at radius 3 is 1.52 bits per heavy atom. The SMILES string of the molecule is FC(F)Oc1cccc(CP(Br)(c2ccccc2)(c2ccccc2)c2ccccc2)c1. The second-order valence-corrected chi connectivity index (χ2v) is 16.3. The van der Waals surface area contributed by atoms with Crippen LogP contribution in [0.4, 0.5) is 8.78 Å². The Kier molecular flexibility index (Phi) is 6.22. The van der Waals surface area contributed by atoms with E-state index in [1.165, 1.54) is 15.9 Å². The molecule has 5 heteroatoms. The molecular formula is C26H22BrF2OP. The van der Waals surface area contributed by atoms with E-state index in [4.69, 9.17) is 0 Å². The van der Waals surface area contributed by atoms with Crippen LogP contribution in [0.2, 0.25) is 0 Å². The molecule has 0 aliphatic heterocycles. The van der Waals surface area contributed by atoms with Crippen molar-refractivity contribution < 1.29 is 13.5 Å². The van der Waals surface area contributed by atoms with E-state index in [-0.39, 0.29) is 5.75 Å². The molecule has 0 aliphatic carbocycles. The first-order valence-electron chi connectivity index (χ1n) is 9.94. The van der Waals surface area contributed by atoms with E-state index in [1.54, 1.807) is 18.2 Å². The van der Waals surface area contributed by atoms with Crippen LogP contribution in [0.3, 0.4) is 0 Å². The standard InChI is InChI=1S/C26H22BrF2OP/c27-31(23-13-4-1-5-14-23,24-15-6-2-7-16-24,25-17-8-3-9-18-25)20-21-11-10-12-22(19-21)30-26(28)29/h1-19,26H,20H2. The molecule has 0 aliphatic rings. The van der Waals surface area contributed by atoms with Crippen molar-refractivity contribution in [2.45, 2.75) is 12.8 Å². The monoisotopic (exact) mass is 498 g/mol. The third kappa shape index (κ3) is 4.15. The molecule has 0 saturated heterocycles. The topological polar surface area (TPSA) is 9.23 Å². The summed E-state index contributed by atoms with van der Waals surface area (Å²) in [7, 11) is 0. The van der Waals surface area contributed by atoms with Crippen LogP contribution in [0, 0.1) is 0 Å². The summed E-state index contributed by atoms with van der Waals surface area (Å²) in [6.07, 6.45) is 0.615. The molecule has 0 spiro atoms. The number of ether oxygens (including phenoxy) is 1. The zero-order chi connectivity index (χ0) is 21.8. The molecule has 0 radical (unpaired) electrons. The van der Waals surface area contributed by atoms with Crippen molar-refractivity contribution >= 4 is 36.7 Å².